The number of imide groups is 1. The van der Waals surface area contributed by atoms with Crippen molar-refractivity contribution in [1.82, 2.24) is 10.2 Å². The quantitative estimate of drug-likeness (QED) is 0.353. The molecule has 1 heterocycles. The molecule has 1 fully saturated rings. The minimum Gasteiger partial charge on any atom is -0.489 e. The van der Waals surface area contributed by atoms with E-state index in [-0.39, 0.29) is 30.3 Å². The first-order chi connectivity index (χ1) is 15.9. The van der Waals surface area contributed by atoms with E-state index in [9.17, 15) is 14.4 Å². The van der Waals surface area contributed by atoms with Crippen LogP contribution in [0.15, 0.2) is 83.0 Å². The number of aromatic carboxylic acids is 1. The molecule has 8 heteroatoms. The van der Waals surface area contributed by atoms with Crippen LogP contribution in [0.1, 0.15) is 27.0 Å². The van der Waals surface area contributed by atoms with Gasteiger partial charge in [-0.3, -0.25) is 9.69 Å². The molecular formula is C25H19BrN2O5. The van der Waals surface area contributed by atoms with Crippen molar-refractivity contribution in [3.8, 4) is 5.75 Å². The molecule has 0 spiro atoms. The van der Waals surface area contributed by atoms with E-state index in [1.54, 1.807) is 48.5 Å². The van der Waals surface area contributed by atoms with E-state index in [1.165, 1.54) is 6.07 Å². The smallest absolute Gasteiger partial charge is 0.335 e. The van der Waals surface area contributed by atoms with Crippen molar-refractivity contribution in [1.29, 1.82) is 0 Å². The van der Waals surface area contributed by atoms with Crippen LogP contribution in [0.3, 0.4) is 0 Å². The fourth-order valence-corrected chi connectivity index (χ4v) is 3.54. The largest absolute Gasteiger partial charge is 0.489 e. The van der Waals surface area contributed by atoms with Gasteiger partial charge in [-0.15, -0.1) is 0 Å². The number of urea groups is 1. The van der Waals surface area contributed by atoms with Gasteiger partial charge < -0.3 is 15.2 Å². The molecular weight excluding hydrogens is 488 g/mol. The number of nitrogens with one attached hydrogen (secondary N) is 1. The first kappa shape index (κ1) is 22.3. The fourth-order valence-electron chi connectivity index (χ4n) is 3.28. The van der Waals surface area contributed by atoms with E-state index < -0.39 is 12.0 Å². The Kier molecular flexibility index (Phi) is 6.55. The Bertz CT molecular complexity index is 1240. The Hall–Kier alpha value is -3.91. The van der Waals surface area contributed by atoms with Gasteiger partial charge in [-0.1, -0.05) is 52.3 Å². The number of rotatable bonds is 7. The summed E-state index contributed by atoms with van der Waals surface area (Å²) in [5, 5.41) is 11.7. The van der Waals surface area contributed by atoms with E-state index in [2.05, 4.69) is 21.2 Å². The van der Waals surface area contributed by atoms with Crippen LogP contribution < -0.4 is 10.1 Å². The summed E-state index contributed by atoms with van der Waals surface area (Å²) in [7, 11) is 0. The van der Waals surface area contributed by atoms with Crippen LogP contribution in [0.4, 0.5) is 4.79 Å². The zero-order chi connectivity index (χ0) is 23.4. The number of carboxylic acid groups (broad SMARTS) is 1. The summed E-state index contributed by atoms with van der Waals surface area (Å²) >= 11 is 3.36. The Balaban J connectivity index is 1.39. The predicted octanol–water partition coefficient (Wildman–Crippen LogP) is 4.82. The van der Waals surface area contributed by atoms with Crippen molar-refractivity contribution in [2.24, 2.45) is 0 Å². The van der Waals surface area contributed by atoms with Gasteiger partial charge in [-0.25, -0.2) is 9.59 Å². The normalized spacial score (nSPS) is 14.5. The zero-order valence-electron chi connectivity index (χ0n) is 17.3. The van der Waals surface area contributed by atoms with Crippen LogP contribution in [0.5, 0.6) is 5.75 Å². The highest BCUT2D eigenvalue weighted by Gasteiger charge is 2.33. The van der Waals surface area contributed by atoms with Gasteiger partial charge >= 0.3 is 12.0 Å². The van der Waals surface area contributed by atoms with Crippen molar-refractivity contribution >= 4 is 39.9 Å². The van der Waals surface area contributed by atoms with Crippen LogP contribution in [0.25, 0.3) is 6.08 Å². The molecule has 0 unspecified atom stereocenters. The molecule has 0 aliphatic carbocycles. The molecule has 0 aromatic heterocycles. The van der Waals surface area contributed by atoms with Gasteiger partial charge in [-0.05, 0) is 59.2 Å². The van der Waals surface area contributed by atoms with Gasteiger partial charge in [-0.2, -0.15) is 0 Å². The number of carbonyl (C=O) groups excluding carboxylic acids is 2. The average Bonchev–Trinajstić information content (AvgIpc) is 3.07. The number of ether oxygens (including phenoxy) is 1. The molecule has 1 saturated heterocycles. The van der Waals surface area contributed by atoms with Crippen LogP contribution in [-0.2, 0) is 17.9 Å². The average molecular weight is 507 g/mol. The molecule has 1 aliphatic rings. The maximum atomic E-state index is 12.7. The standard InChI is InChI=1S/C25H19BrN2O5/c26-20-8-4-17(5-9-20)14-28-23(29)22(27-25(28)32)13-16-6-10-21(11-7-16)33-15-18-2-1-3-19(12-18)24(30)31/h1-13H,14-15H2,(H,27,32)(H,30,31)/b22-13+. The maximum absolute atomic E-state index is 12.7. The van der Waals surface area contributed by atoms with Crippen LogP contribution >= 0.6 is 15.9 Å². The molecule has 33 heavy (non-hydrogen) atoms. The minimum atomic E-state index is -0.988. The SMILES string of the molecule is O=C(O)c1cccc(COc2ccc(/C=C3/NC(=O)N(Cc4ccc(Br)cc4)C3=O)cc2)c1. The molecule has 0 saturated carbocycles. The second-order valence-corrected chi connectivity index (χ2v) is 8.28. The second-order valence-electron chi connectivity index (χ2n) is 7.37. The Morgan fingerprint density at radius 1 is 1.00 bits per heavy atom. The molecule has 7 nitrogen and oxygen atoms in total. The number of amides is 3. The first-order valence-electron chi connectivity index (χ1n) is 10.0. The van der Waals surface area contributed by atoms with E-state index in [0.717, 1.165) is 26.1 Å². The molecule has 3 amide bonds. The number of hydrogen-bond acceptors (Lipinski definition) is 4. The monoisotopic (exact) mass is 506 g/mol. The summed E-state index contributed by atoms with van der Waals surface area (Å²) in [6.07, 6.45) is 1.61. The van der Waals surface area contributed by atoms with Crippen molar-refractivity contribution in [3.63, 3.8) is 0 Å². The number of hydrogen-bond donors (Lipinski definition) is 2. The molecule has 0 bridgehead atoms. The van der Waals surface area contributed by atoms with Gasteiger partial charge in [0.1, 0.15) is 18.1 Å². The number of benzene rings is 3. The minimum absolute atomic E-state index is 0.186. The third kappa shape index (κ3) is 5.48. The van der Waals surface area contributed by atoms with Gasteiger partial charge in [0.05, 0.1) is 12.1 Å². The molecule has 166 valence electrons. The molecule has 3 aromatic rings. The summed E-state index contributed by atoms with van der Waals surface area (Å²) < 4.78 is 6.64. The van der Waals surface area contributed by atoms with E-state index in [1.807, 2.05) is 24.3 Å². The molecule has 2 N–H and O–H groups in total. The third-order valence-corrected chi connectivity index (χ3v) is 5.52. The van der Waals surface area contributed by atoms with E-state index >= 15 is 0 Å². The van der Waals surface area contributed by atoms with E-state index in [4.69, 9.17) is 9.84 Å². The number of carbonyl (C=O) groups is 3. The Morgan fingerprint density at radius 3 is 2.42 bits per heavy atom. The summed E-state index contributed by atoms with van der Waals surface area (Å²) in [6.45, 7) is 0.409. The molecule has 4 rings (SSSR count). The molecule has 0 radical (unpaired) electrons. The Labute approximate surface area is 198 Å². The Morgan fingerprint density at radius 2 is 1.73 bits per heavy atom. The highest BCUT2D eigenvalue weighted by atomic mass is 79.9. The fraction of sp³-hybridized carbons (Fsp3) is 0.0800. The predicted molar refractivity (Wildman–Crippen MR) is 125 cm³/mol. The maximum Gasteiger partial charge on any atom is 0.335 e. The van der Waals surface area contributed by atoms with E-state index in [0.29, 0.717) is 5.75 Å². The lowest BCUT2D eigenvalue weighted by Crippen LogP contribution is -2.30. The lowest BCUT2D eigenvalue weighted by molar-refractivity contribution is -0.123. The third-order valence-electron chi connectivity index (χ3n) is 4.99. The van der Waals surface area contributed by atoms with Crippen LogP contribution in [0, 0.1) is 0 Å². The van der Waals surface area contributed by atoms with Gasteiger partial charge in [0, 0.05) is 4.47 Å². The molecule has 3 aromatic carbocycles. The van der Waals surface area contributed by atoms with Gasteiger partial charge in [0.25, 0.3) is 5.91 Å². The van der Waals surface area contributed by atoms with Crippen molar-refractivity contribution in [2.75, 3.05) is 0 Å². The summed E-state index contributed by atoms with van der Waals surface area (Å²) in [5.74, 6) is -0.781. The van der Waals surface area contributed by atoms with Gasteiger partial charge in [0.2, 0.25) is 0 Å². The first-order valence-corrected chi connectivity index (χ1v) is 10.8. The number of halogens is 1. The number of carboxylic acids is 1. The summed E-state index contributed by atoms with van der Waals surface area (Å²) in [5.41, 5.74) is 2.72. The molecule has 1 aliphatic heterocycles. The highest BCUT2D eigenvalue weighted by molar-refractivity contribution is 9.10. The van der Waals surface area contributed by atoms with Crippen LogP contribution in [-0.4, -0.2) is 27.9 Å². The lowest BCUT2D eigenvalue weighted by atomic mass is 10.1. The topological polar surface area (TPSA) is 95.9 Å². The zero-order valence-corrected chi connectivity index (χ0v) is 18.9. The van der Waals surface area contributed by atoms with Crippen molar-refractivity contribution in [2.45, 2.75) is 13.2 Å². The van der Waals surface area contributed by atoms with Crippen molar-refractivity contribution in [3.05, 3.63) is 105 Å². The molecule has 0 atom stereocenters. The second kappa shape index (κ2) is 9.70. The highest BCUT2D eigenvalue weighted by Crippen LogP contribution is 2.20. The lowest BCUT2D eigenvalue weighted by Gasteiger charge is -2.11. The van der Waals surface area contributed by atoms with Crippen LogP contribution in [0.2, 0.25) is 0 Å². The van der Waals surface area contributed by atoms with Crippen molar-refractivity contribution < 1.29 is 24.2 Å². The summed E-state index contributed by atoms with van der Waals surface area (Å²) in [4.78, 5) is 37.2. The summed E-state index contributed by atoms with van der Waals surface area (Å²) in [6, 6.07) is 20.5. The van der Waals surface area contributed by atoms with Gasteiger partial charge in [0.15, 0.2) is 0 Å². The number of nitrogens with zero attached hydrogens (tertiary/aromatic N) is 1.